The Morgan fingerprint density at radius 2 is 1.35 bits per heavy atom. The Morgan fingerprint density at radius 1 is 0.794 bits per heavy atom. The van der Waals surface area contributed by atoms with Gasteiger partial charge in [-0.2, -0.15) is 4.31 Å². The van der Waals surface area contributed by atoms with E-state index in [1.165, 1.54) is 5.56 Å². The molecule has 0 saturated carbocycles. The molecule has 6 heteroatoms. The third-order valence-corrected chi connectivity index (χ3v) is 8.24. The van der Waals surface area contributed by atoms with E-state index in [0.717, 1.165) is 30.5 Å². The third kappa shape index (κ3) is 6.13. The molecule has 1 aliphatic heterocycles. The van der Waals surface area contributed by atoms with Crippen molar-refractivity contribution in [3.8, 4) is 0 Å². The maximum atomic E-state index is 13.1. The molecule has 34 heavy (non-hydrogen) atoms. The normalized spacial score (nSPS) is 15.6. The Hall–Kier alpha value is -2.51. The highest BCUT2D eigenvalue weighted by Crippen LogP contribution is 2.26. The maximum absolute atomic E-state index is 13.1. The summed E-state index contributed by atoms with van der Waals surface area (Å²) in [5.74, 6) is 0. The van der Waals surface area contributed by atoms with Crippen LogP contribution in [0.5, 0.6) is 0 Å². The lowest BCUT2D eigenvalue weighted by Crippen LogP contribution is -2.49. The fourth-order valence-electron chi connectivity index (χ4n) is 4.40. The van der Waals surface area contributed by atoms with Crippen molar-refractivity contribution in [1.29, 1.82) is 0 Å². The Morgan fingerprint density at radius 3 is 1.88 bits per heavy atom. The van der Waals surface area contributed by atoms with Gasteiger partial charge in [0.2, 0.25) is 10.0 Å². The molecule has 1 fully saturated rings. The highest BCUT2D eigenvalue weighted by molar-refractivity contribution is 7.89. The molecular formula is C28H34N2O3S. The van der Waals surface area contributed by atoms with Gasteiger partial charge < -0.3 is 4.74 Å². The quantitative estimate of drug-likeness (QED) is 0.422. The highest BCUT2D eigenvalue weighted by atomic mass is 32.2. The predicted octanol–water partition coefficient (Wildman–Crippen LogP) is 4.75. The van der Waals surface area contributed by atoms with E-state index in [1.54, 1.807) is 16.4 Å². The molecule has 0 unspecified atom stereocenters. The van der Waals surface area contributed by atoms with E-state index in [0.29, 0.717) is 37.7 Å². The lowest BCUT2D eigenvalue weighted by atomic mass is 10.0. The molecule has 0 aliphatic carbocycles. The SMILES string of the molecule is CCCc1ccc(S(=O)(=O)N2CCN(CCOC(c3ccccc3)c3ccccc3)CC2)cc1. The summed E-state index contributed by atoms with van der Waals surface area (Å²) in [6, 6.07) is 27.9. The minimum atomic E-state index is -3.45. The number of benzene rings is 3. The number of aryl methyl sites for hydroxylation is 1. The number of hydrogen-bond donors (Lipinski definition) is 0. The molecule has 180 valence electrons. The summed E-state index contributed by atoms with van der Waals surface area (Å²) in [5.41, 5.74) is 3.44. The van der Waals surface area contributed by atoms with Gasteiger partial charge in [0, 0.05) is 32.7 Å². The van der Waals surface area contributed by atoms with Crippen LogP contribution in [0.3, 0.4) is 0 Å². The van der Waals surface area contributed by atoms with Crippen LogP contribution < -0.4 is 0 Å². The predicted molar refractivity (Wildman–Crippen MR) is 136 cm³/mol. The van der Waals surface area contributed by atoms with E-state index in [9.17, 15) is 8.42 Å². The average Bonchev–Trinajstić information content (AvgIpc) is 2.88. The number of rotatable bonds is 10. The second-order valence-corrected chi connectivity index (χ2v) is 10.6. The Labute approximate surface area is 204 Å². The largest absolute Gasteiger partial charge is 0.367 e. The van der Waals surface area contributed by atoms with Gasteiger partial charge in [0.1, 0.15) is 6.10 Å². The van der Waals surface area contributed by atoms with Gasteiger partial charge in [0.05, 0.1) is 11.5 Å². The maximum Gasteiger partial charge on any atom is 0.243 e. The minimum Gasteiger partial charge on any atom is -0.367 e. The van der Waals surface area contributed by atoms with E-state index in [4.69, 9.17) is 4.74 Å². The zero-order valence-corrected chi connectivity index (χ0v) is 20.7. The zero-order chi connectivity index (χ0) is 23.8. The molecule has 1 aliphatic rings. The van der Waals surface area contributed by atoms with Crippen LogP contribution in [0.4, 0.5) is 0 Å². The van der Waals surface area contributed by atoms with Gasteiger partial charge in [-0.05, 0) is 35.2 Å². The van der Waals surface area contributed by atoms with Gasteiger partial charge in [0.15, 0.2) is 0 Å². The number of ether oxygens (including phenoxy) is 1. The lowest BCUT2D eigenvalue weighted by molar-refractivity contribution is 0.0527. The summed E-state index contributed by atoms with van der Waals surface area (Å²) in [6.45, 7) is 5.89. The van der Waals surface area contributed by atoms with E-state index in [2.05, 4.69) is 36.1 Å². The van der Waals surface area contributed by atoms with Crippen LogP contribution in [0.25, 0.3) is 0 Å². The topological polar surface area (TPSA) is 49.9 Å². The molecule has 4 rings (SSSR count). The first-order valence-electron chi connectivity index (χ1n) is 12.1. The second-order valence-electron chi connectivity index (χ2n) is 8.71. The zero-order valence-electron chi connectivity index (χ0n) is 19.8. The molecule has 3 aromatic rings. The first-order valence-corrected chi connectivity index (χ1v) is 13.5. The van der Waals surface area contributed by atoms with E-state index >= 15 is 0 Å². The summed E-state index contributed by atoms with van der Waals surface area (Å²) >= 11 is 0. The van der Waals surface area contributed by atoms with Crippen molar-refractivity contribution in [3.63, 3.8) is 0 Å². The van der Waals surface area contributed by atoms with Gasteiger partial charge in [-0.15, -0.1) is 0 Å². The minimum absolute atomic E-state index is 0.111. The van der Waals surface area contributed by atoms with Crippen molar-refractivity contribution in [2.45, 2.75) is 30.8 Å². The Balaban J connectivity index is 1.30. The van der Waals surface area contributed by atoms with Gasteiger partial charge in [-0.25, -0.2) is 8.42 Å². The van der Waals surface area contributed by atoms with Gasteiger partial charge in [-0.1, -0.05) is 86.1 Å². The van der Waals surface area contributed by atoms with Crippen LogP contribution in [-0.2, 0) is 21.2 Å². The van der Waals surface area contributed by atoms with Crippen molar-refractivity contribution in [2.75, 3.05) is 39.3 Å². The molecule has 0 radical (unpaired) electrons. The fraction of sp³-hybridized carbons (Fsp3) is 0.357. The van der Waals surface area contributed by atoms with Crippen molar-refractivity contribution < 1.29 is 13.2 Å². The molecule has 0 aromatic heterocycles. The molecule has 1 heterocycles. The lowest BCUT2D eigenvalue weighted by Gasteiger charge is -2.34. The van der Waals surface area contributed by atoms with Gasteiger partial charge in [-0.3, -0.25) is 4.90 Å². The standard InChI is InChI=1S/C28H34N2O3S/c1-2-9-24-14-16-27(17-15-24)34(31,32)30-20-18-29(19-21-30)22-23-33-28(25-10-5-3-6-11-25)26-12-7-4-8-13-26/h3-8,10-17,28H,2,9,18-23H2,1H3. The molecule has 0 atom stereocenters. The Bertz CT molecular complexity index is 1070. The molecule has 0 amide bonds. The average molecular weight is 479 g/mol. The smallest absolute Gasteiger partial charge is 0.243 e. The molecular weight excluding hydrogens is 444 g/mol. The summed E-state index contributed by atoms with van der Waals surface area (Å²) in [6.07, 6.45) is 1.91. The molecule has 0 bridgehead atoms. The van der Waals surface area contributed by atoms with E-state index < -0.39 is 10.0 Å². The van der Waals surface area contributed by atoms with Crippen molar-refractivity contribution in [3.05, 3.63) is 102 Å². The molecule has 5 nitrogen and oxygen atoms in total. The van der Waals surface area contributed by atoms with Gasteiger partial charge in [0.25, 0.3) is 0 Å². The number of nitrogens with zero attached hydrogens (tertiary/aromatic N) is 2. The summed E-state index contributed by atoms with van der Waals surface area (Å²) in [7, 11) is -3.45. The fourth-order valence-corrected chi connectivity index (χ4v) is 5.82. The number of sulfonamides is 1. The first-order chi connectivity index (χ1) is 16.6. The van der Waals surface area contributed by atoms with Crippen molar-refractivity contribution >= 4 is 10.0 Å². The summed E-state index contributed by atoms with van der Waals surface area (Å²) in [4.78, 5) is 2.67. The van der Waals surface area contributed by atoms with Crippen LogP contribution in [0.15, 0.2) is 89.8 Å². The van der Waals surface area contributed by atoms with Crippen molar-refractivity contribution in [2.24, 2.45) is 0 Å². The second kappa shape index (κ2) is 11.8. The van der Waals surface area contributed by atoms with Crippen LogP contribution >= 0.6 is 0 Å². The number of hydrogen-bond acceptors (Lipinski definition) is 4. The molecule has 0 N–H and O–H groups in total. The van der Waals surface area contributed by atoms with Crippen LogP contribution in [0.1, 0.15) is 36.1 Å². The molecule has 1 saturated heterocycles. The molecule has 0 spiro atoms. The van der Waals surface area contributed by atoms with Crippen LogP contribution in [0, 0.1) is 0 Å². The third-order valence-electron chi connectivity index (χ3n) is 6.33. The number of piperazine rings is 1. The first kappa shape index (κ1) is 24.6. The van der Waals surface area contributed by atoms with Gasteiger partial charge >= 0.3 is 0 Å². The van der Waals surface area contributed by atoms with E-state index in [1.807, 2.05) is 48.5 Å². The van der Waals surface area contributed by atoms with Crippen LogP contribution in [0.2, 0.25) is 0 Å². The summed E-state index contributed by atoms with van der Waals surface area (Å²) in [5, 5.41) is 0. The molecule has 3 aromatic carbocycles. The van der Waals surface area contributed by atoms with Crippen molar-refractivity contribution in [1.82, 2.24) is 9.21 Å². The summed E-state index contributed by atoms with van der Waals surface area (Å²) < 4.78 is 34.1. The van der Waals surface area contributed by atoms with Crippen LogP contribution in [-0.4, -0.2) is 57.0 Å². The monoisotopic (exact) mass is 478 g/mol. The van der Waals surface area contributed by atoms with E-state index in [-0.39, 0.29) is 6.10 Å². The Kier molecular flexibility index (Phi) is 8.51. The highest BCUT2D eigenvalue weighted by Gasteiger charge is 2.28.